The van der Waals surface area contributed by atoms with E-state index in [2.05, 4.69) is 59.4 Å². The fraction of sp³-hybridized carbons (Fsp3) is 0.619. The molecule has 1 atom stereocenters. The minimum Gasteiger partial charge on any atom is -0.0996 e. The van der Waals surface area contributed by atoms with Gasteiger partial charge >= 0.3 is 0 Å². The van der Waals surface area contributed by atoms with Crippen LogP contribution in [-0.4, -0.2) is 0 Å². The number of hydrogen-bond acceptors (Lipinski definition) is 0. The van der Waals surface area contributed by atoms with Crippen LogP contribution in [0.4, 0.5) is 0 Å². The van der Waals surface area contributed by atoms with Gasteiger partial charge in [0.05, 0.1) is 0 Å². The van der Waals surface area contributed by atoms with Gasteiger partial charge in [-0.1, -0.05) is 67.9 Å². The lowest BCUT2D eigenvalue weighted by Gasteiger charge is -2.18. The summed E-state index contributed by atoms with van der Waals surface area (Å²) >= 11 is 0. The van der Waals surface area contributed by atoms with Crippen molar-refractivity contribution >= 4 is 0 Å². The van der Waals surface area contributed by atoms with E-state index in [0.717, 1.165) is 12.3 Å². The van der Waals surface area contributed by atoms with Gasteiger partial charge in [0, 0.05) is 0 Å². The first-order valence-corrected chi connectivity index (χ1v) is 8.59. The van der Waals surface area contributed by atoms with Crippen molar-refractivity contribution in [3.8, 4) is 0 Å². The topological polar surface area (TPSA) is 0 Å². The molecule has 0 saturated carbocycles. The molecule has 0 heterocycles. The molecule has 0 heteroatoms. The van der Waals surface area contributed by atoms with Gasteiger partial charge < -0.3 is 0 Å². The van der Waals surface area contributed by atoms with E-state index in [1.165, 1.54) is 48.8 Å². The molecule has 0 aromatic rings. The van der Waals surface area contributed by atoms with Gasteiger partial charge in [0.2, 0.25) is 0 Å². The van der Waals surface area contributed by atoms with Gasteiger partial charge in [0.15, 0.2) is 0 Å². The van der Waals surface area contributed by atoms with Crippen molar-refractivity contribution in [3.05, 3.63) is 47.1 Å². The minimum atomic E-state index is 0.618. The SMILES string of the molecule is C=C(CC/C(C)=C/CC[C@@H](C)C1=CC=C(C)CC1)C(C)C. The smallest absolute Gasteiger partial charge is 0.0225 e. The van der Waals surface area contributed by atoms with E-state index >= 15 is 0 Å². The van der Waals surface area contributed by atoms with Gasteiger partial charge in [-0.25, -0.2) is 0 Å². The van der Waals surface area contributed by atoms with E-state index in [4.69, 9.17) is 0 Å². The minimum absolute atomic E-state index is 0.618. The summed E-state index contributed by atoms with van der Waals surface area (Å²) in [6.45, 7) is 15.5. The second kappa shape index (κ2) is 9.07. The first-order chi connectivity index (χ1) is 9.90. The molecule has 1 aliphatic carbocycles. The molecule has 0 aromatic heterocycles. The Bertz CT molecular complexity index is 429. The van der Waals surface area contributed by atoms with E-state index in [1.807, 2.05) is 0 Å². The lowest BCUT2D eigenvalue weighted by atomic mass is 9.88. The largest absolute Gasteiger partial charge is 0.0996 e. The summed E-state index contributed by atoms with van der Waals surface area (Å²) in [5.74, 6) is 1.34. The van der Waals surface area contributed by atoms with Crippen LogP contribution in [0.2, 0.25) is 0 Å². The average molecular weight is 287 g/mol. The molecular formula is C21H34. The van der Waals surface area contributed by atoms with Gasteiger partial charge in [-0.3, -0.25) is 0 Å². The molecule has 0 fully saturated rings. The van der Waals surface area contributed by atoms with Crippen LogP contribution in [0.15, 0.2) is 47.1 Å². The Morgan fingerprint density at radius 1 is 1.19 bits per heavy atom. The van der Waals surface area contributed by atoms with Crippen LogP contribution in [0, 0.1) is 11.8 Å². The third-order valence-corrected chi connectivity index (χ3v) is 4.77. The fourth-order valence-corrected chi connectivity index (χ4v) is 2.68. The standard InChI is InChI=1S/C21H34/c1-16(2)19(5)13-10-17(3)8-7-9-20(6)21-14-11-18(4)12-15-21/h8,11,14,16,20H,5,7,9-10,12-13,15H2,1-4,6H3/b17-8+/t20-/m1/s1. The monoisotopic (exact) mass is 286 g/mol. The Balaban J connectivity index is 2.31. The summed E-state index contributed by atoms with van der Waals surface area (Å²) in [5, 5.41) is 0. The molecule has 21 heavy (non-hydrogen) atoms. The maximum atomic E-state index is 4.16. The molecule has 1 aliphatic rings. The van der Waals surface area contributed by atoms with Crippen LogP contribution >= 0.6 is 0 Å². The first-order valence-electron chi connectivity index (χ1n) is 8.59. The first kappa shape index (κ1) is 18.0. The van der Waals surface area contributed by atoms with Crippen LogP contribution in [-0.2, 0) is 0 Å². The van der Waals surface area contributed by atoms with Gasteiger partial charge in [-0.2, -0.15) is 0 Å². The van der Waals surface area contributed by atoms with Crippen molar-refractivity contribution in [3.63, 3.8) is 0 Å². The van der Waals surface area contributed by atoms with Crippen LogP contribution < -0.4 is 0 Å². The van der Waals surface area contributed by atoms with Gasteiger partial charge in [-0.05, 0) is 64.2 Å². The van der Waals surface area contributed by atoms with Crippen LogP contribution in [0.1, 0.15) is 73.1 Å². The Hall–Kier alpha value is -1.04. The number of hydrogen-bond donors (Lipinski definition) is 0. The van der Waals surface area contributed by atoms with Gasteiger partial charge in [-0.15, -0.1) is 0 Å². The van der Waals surface area contributed by atoms with Gasteiger partial charge in [0.1, 0.15) is 0 Å². The normalized spacial score (nSPS) is 17.5. The second-order valence-electron chi connectivity index (χ2n) is 7.10. The van der Waals surface area contributed by atoms with Crippen LogP contribution in [0.3, 0.4) is 0 Å². The molecule has 0 unspecified atom stereocenters. The van der Waals surface area contributed by atoms with E-state index in [0.29, 0.717) is 5.92 Å². The molecular weight excluding hydrogens is 252 g/mol. The number of allylic oxidation sites excluding steroid dienone is 7. The zero-order chi connectivity index (χ0) is 15.8. The Morgan fingerprint density at radius 3 is 2.48 bits per heavy atom. The van der Waals surface area contributed by atoms with Crippen molar-refractivity contribution < 1.29 is 0 Å². The van der Waals surface area contributed by atoms with Crippen molar-refractivity contribution in [1.29, 1.82) is 0 Å². The zero-order valence-electron chi connectivity index (χ0n) is 14.8. The highest BCUT2D eigenvalue weighted by molar-refractivity contribution is 5.24. The molecule has 0 spiro atoms. The Labute approximate surface area is 132 Å². The maximum absolute atomic E-state index is 4.16. The highest BCUT2D eigenvalue weighted by atomic mass is 14.2. The van der Waals surface area contributed by atoms with Crippen molar-refractivity contribution in [2.45, 2.75) is 73.1 Å². The van der Waals surface area contributed by atoms with E-state index in [-0.39, 0.29) is 0 Å². The molecule has 1 rings (SSSR count). The van der Waals surface area contributed by atoms with Crippen LogP contribution in [0.25, 0.3) is 0 Å². The highest BCUT2D eigenvalue weighted by Gasteiger charge is 2.10. The summed E-state index contributed by atoms with van der Waals surface area (Å²) in [6.07, 6.45) is 14.4. The summed E-state index contributed by atoms with van der Waals surface area (Å²) in [6, 6.07) is 0. The Morgan fingerprint density at radius 2 is 1.90 bits per heavy atom. The average Bonchev–Trinajstić information content (AvgIpc) is 2.45. The predicted octanol–water partition coefficient (Wildman–Crippen LogP) is 7.01. The molecule has 0 radical (unpaired) electrons. The maximum Gasteiger partial charge on any atom is -0.0225 e. The third kappa shape index (κ3) is 6.98. The van der Waals surface area contributed by atoms with Crippen molar-refractivity contribution in [2.75, 3.05) is 0 Å². The van der Waals surface area contributed by atoms with E-state index in [1.54, 1.807) is 5.57 Å². The van der Waals surface area contributed by atoms with E-state index in [9.17, 15) is 0 Å². The predicted molar refractivity (Wildman–Crippen MR) is 96.4 cm³/mol. The summed E-state index contributed by atoms with van der Waals surface area (Å²) in [4.78, 5) is 0. The highest BCUT2D eigenvalue weighted by Crippen LogP contribution is 2.27. The second-order valence-corrected chi connectivity index (χ2v) is 7.10. The van der Waals surface area contributed by atoms with E-state index < -0.39 is 0 Å². The molecule has 0 saturated heterocycles. The molecule has 0 nitrogen and oxygen atoms in total. The van der Waals surface area contributed by atoms with Crippen LogP contribution in [0.5, 0.6) is 0 Å². The summed E-state index contributed by atoms with van der Waals surface area (Å²) in [5.41, 5.74) is 6.06. The summed E-state index contributed by atoms with van der Waals surface area (Å²) < 4.78 is 0. The number of rotatable bonds is 8. The zero-order valence-corrected chi connectivity index (χ0v) is 14.8. The van der Waals surface area contributed by atoms with Gasteiger partial charge in [0.25, 0.3) is 0 Å². The molecule has 118 valence electrons. The lowest BCUT2D eigenvalue weighted by Crippen LogP contribution is -2.02. The quantitative estimate of drug-likeness (QED) is 0.421. The fourth-order valence-electron chi connectivity index (χ4n) is 2.68. The lowest BCUT2D eigenvalue weighted by molar-refractivity contribution is 0.589. The molecule has 0 aliphatic heterocycles. The van der Waals surface area contributed by atoms with Crippen molar-refractivity contribution in [2.24, 2.45) is 11.8 Å². The molecule has 0 amide bonds. The third-order valence-electron chi connectivity index (χ3n) is 4.77. The summed E-state index contributed by atoms with van der Waals surface area (Å²) in [7, 11) is 0. The molecule has 0 aromatic carbocycles. The van der Waals surface area contributed by atoms with Crippen molar-refractivity contribution in [1.82, 2.24) is 0 Å². The molecule has 0 bridgehead atoms. The Kier molecular flexibility index (Phi) is 7.78. The molecule has 0 N–H and O–H groups in total.